The van der Waals surface area contributed by atoms with E-state index in [4.69, 9.17) is 10.8 Å². The van der Waals surface area contributed by atoms with Gasteiger partial charge in [-0.05, 0) is 12.0 Å². The Kier molecular flexibility index (Phi) is 4.90. The zero-order chi connectivity index (χ0) is 15.4. The Morgan fingerprint density at radius 3 is 2.45 bits per heavy atom. The van der Waals surface area contributed by atoms with Gasteiger partial charge < -0.3 is 20.7 Å². The van der Waals surface area contributed by atoms with Gasteiger partial charge in [-0.2, -0.15) is 0 Å². The smallest absolute Gasteiger partial charge is 0.326 e. The number of carboxylic acid groups (broad SMARTS) is 1. The van der Waals surface area contributed by atoms with Crippen molar-refractivity contribution in [3.05, 3.63) is 23.5 Å². The van der Waals surface area contributed by atoms with Crippen LogP contribution in [0.1, 0.15) is 41.1 Å². The highest BCUT2D eigenvalue weighted by atomic mass is 16.4. The highest BCUT2D eigenvalue weighted by Crippen LogP contribution is 2.11. The molecular formula is C13H19N3O4. The van der Waals surface area contributed by atoms with Crippen LogP contribution in [-0.4, -0.2) is 33.5 Å². The van der Waals surface area contributed by atoms with Gasteiger partial charge in [0, 0.05) is 13.2 Å². The number of aliphatic carboxylic acids is 1. The van der Waals surface area contributed by atoms with Gasteiger partial charge >= 0.3 is 5.97 Å². The van der Waals surface area contributed by atoms with Crippen LogP contribution < -0.4 is 11.1 Å². The highest BCUT2D eigenvalue weighted by molar-refractivity contribution is 5.99. The molecule has 0 saturated heterocycles. The second-order valence-corrected chi connectivity index (χ2v) is 4.76. The number of aromatic nitrogens is 1. The van der Waals surface area contributed by atoms with E-state index in [0.717, 1.165) is 0 Å². The molecule has 0 aliphatic carbocycles. The zero-order valence-corrected chi connectivity index (χ0v) is 11.7. The van der Waals surface area contributed by atoms with Gasteiger partial charge in [-0.15, -0.1) is 0 Å². The number of carbonyl (C=O) groups excluding carboxylic acids is 2. The molecule has 2 atom stereocenters. The molecule has 1 heterocycles. The Labute approximate surface area is 116 Å². The van der Waals surface area contributed by atoms with E-state index in [1.165, 1.54) is 16.8 Å². The van der Waals surface area contributed by atoms with Gasteiger partial charge in [0.25, 0.3) is 5.91 Å². The predicted octanol–water partition coefficient (Wildman–Crippen LogP) is 0.353. The summed E-state index contributed by atoms with van der Waals surface area (Å²) in [6.07, 6.45) is 2.05. The third kappa shape index (κ3) is 3.37. The molecule has 0 radical (unpaired) electrons. The molecule has 7 nitrogen and oxygen atoms in total. The summed E-state index contributed by atoms with van der Waals surface area (Å²) < 4.78 is 1.44. The average molecular weight is 281 g/mol. The molecule has 4 N–H and O–H groups in total. The van der Waals surface area contributed by atoms with Crippen molar-refractivity contribution in [1.29, 1.82) is 0 Å². The SMILES string of the molecule is CC[C@H](C)[C@H](NC(=O)c1cc(C(N)=O)cn1C)C(=O)O. The molecule has 7 heteroatoms. The second kappa shape index (κ2) is 6.23. The number of rotatable bonds is 6. The lowest BCUT2D eigenvalue weighted by atomic mass is 9.99. The molecule has 0 aromatic carbocycles. The van der Waals surface area contributed by atoms with Crippen molar-refractivity contribution in [1.82, 2.24) is 9.88 Å². The summed E-state index contributed by atoms with van der Waals surface area (Å²) in [5.41, 5.74) is 5.53. The summed E-state index contributed by atoms with van der Waals surface area (Å²) in [4.78, 5) is 34.3. The molecule has 0 saturated carbocycles. The lowest BCUT2D eigenvalue weighted by molar-refractivity contribution is -0.140. The predicted molar refractivity (Wildman–Crippen MR) is 72.3 cm³/mol. The second-order valence-electron chi connectivity index (χ2n) is 4.76. The van der Waals surface area contributed by atoms with E-state index in [9.17, 15) is 14.4 Å². The largest absolute Gasteiger partial charge is 0.480 e. The molecule has 0 aliphatic heterocycles. The Bertz CT molecular complexity index is 536. The van der Waals surface area contributed by atoms with Crippen LogP contribution in [0.5, 0.6) is 0 Å². The first-order valence-electron chi connectivity index (χ1n) is 6.27. The molecule has 1 rings (SSSR count). The van der Waals surface area contributed by atoms with Crippen molar-refractivity contribution in [2.24, 2.45) is 18.7 Å². The Morgan fingerprint density at radius 1 is 1.45 bits per heavy atom. The molecule has 110 valence electrons. The van der Waals surface area contributed by atoms with Gasteiger partial charge in [0.2, 0.25) is 5.91 Å². The van der Waals surface area contributed by atoms with Crippen molar-refractivity contribution in [3.63, 3.8) is 0 Å². The van der Waals surface area contributed by atoms with Gasteiger partial charge in [-0.25, -0.2) is 4.79 Å². The van der Waals surface area contributed by atoms with Crippen LogP contribution in [0.15, 0.2) is 12.3 Å². The minimum absolute atomic E-state index is 0.188. The lowest BCUT2D eigenvalue weighted by Crippen LogP contribution is -2.45. The number of nitrogens with one attached hydrogen (secondary N) is 1. The first-order chi connectivity index (χ1) is 9.27. The summed E-state index contributed by atoms with van der Waals surface area (Å²) in [6, 6.07) is 0.368. The molecule has 1 aromatic heterocycles. The molecule has 0 spiro atoms. The van der Waals surface area contributed by atoms with E-state index in [0.29, 0.717) is 6.42 Å². The number of carbonyl (C=O) groups is 3. The molecular weight excluding hydrogens is 262 g/mol. The van der Waals surface area contributed by atoms with E-state index in [1.807, 2.05) is 6.92 Å². The molecule has 0 fully saturated rings. The van der Waals surface area contributed by atoms with Gasteiger partial charge in [0.05, 0.1) is 5.56 Å². The standard InChI is InChI=1S/C13H19N3O4/c1-4-7(2)10(13(19)20)15-12(18)9-5-8(11(14)17)6-16(9)3/h5-7,10H,4H2,1-3H3,(H2,14,17)(H,15,18)(H,19,20)/t7-,10-/m0/s1. The third-order valence-corrected chi connectivity index (χ3v) is 3.29. The number of aryl methyl sites for hydroxylation is 1. The molecule has 0 aliphatic rings. The van der Waals surface area contributed by atoms with E-state index >= 15 is 0 Å². The number of hydrogen-bond donors (Lipinski definition) is 3. The molecule has 0 bridgehead atoms. The van der Waals surface area contributed by atoms with Gasteiger partial charge in [0.15, 0.2) is 0 Å². The van der Waals surface area contributed by atoms with Crippen LogP contribution in [0.2, 0.25) is 0 Å². The van der Waals surface area contributed by atoms with Gasteiger partial charge in [0.1, 0.15) is 11.7 Å². The summed E-state index contributed by atoms with van der Waals surface area (Å²) >= 11 is 0. The van der Waals surface area contributed by atoms with Crippen LogP contribution in [0.3, 0.4) is 0 Å². The fraction of sp³-hybridized carbons (Fsp3) is 0.462. The lowest BCUT2D eigenvalue weighted by Gasteiger charge is -2.20. The van der Waals surface area contributed by atoms with E-state index in [2.05, 4.69) is 5.32 Å². The van der Waals surface area contributed by atoms with Crippen molar-refractivity contribution in [3.8, 4) is 0 Å². The molecule has 20 heavy (non-hydrogen) atoms. The number of nitrogens with zero attached hydrogens (tertiary/aromatic N) is 1. The first kappa shape index (κ1) is 15.7. The van der Waals surface area contributed by atoms with Crippen LogP contribution in [-0.2, 0) is 11.8 Å². The topological polar surface area (TPSA) is 114 Å². The molecule has 1 aromatic rings. The zero-order valence-electron chi connectivity index (χ0n) is 11.7. The summed E-state index contributed by atoms with van der Waals surface area (Å²) in [5, 5.41) is 11.6. The maximum atomic E-state index is 12.1. The molecule has 2 amide bonds. The highest BCUT2D eigenvalue weighted by Gasteiger charge is 2.26. The number of primary amides is 1. The fourth-order valence-electron chi connectivity index (χ4n) is 1.82. The number of nitrogens with two attached hydrogens (primary N) is 1. The first-order valence-corrected chi connectivity index (χ1v) is 6.27. The number of carboxylic acids is 1. The van der Waals surface area contributed by atoms with Crippen molar-refractivity contribution in [2.75, 3.05) is 0 Å². The van der Waals surface area contributed by atoms with Gasteiger partial charge in [-0.1, -0.05) is 20.3 Å². The van der Waals surface area contributed by atoms with Gasteiger partial charge in [-0.3, -0.25) is 9.59 Å². The van der Waals surface area contributed by atoms with Crippen molar-refractivity contribution < 1.29 is 19.5 Å². The average Bonchev–Trinajstić information content (AvgIpc) is 2.76. The quantitative estimate of drug-likeness (QED) is 0.698. The summed E-state index contributed by atoms with van der Waals surface area (Å²) in [7, 11) is 1.58. The monoisotopic (exact) mass is 281 g/mol. The fourth-order valence-corrected chi connectivity index (χ4v) is 1.82. The van der Waals surface area contributed by atoms with E-state index in [1.54, 1.807) is 14.0 Å². The number of hydrogen-bond acceptors (Lipinski definition) is 3. The van der Waals surface area contributed by atoms with Crippen LogP contribution in [0.25, 0.3) is 0 Å². The summed E-state index contributed by atoms with van der Waals surface area (Å²) in [5.74, 6) is -2.48. The normalized spacial score (nSPS) is 13.6. The summed E-state index contributed by atoms with van der Waals surface area (Å²) in [6.45, 7) is 3.60. The minimum atomic E-state index is -1.09. The maximum Gasteiger partial charge on any atom is 0.326 e. The van der Waals surface area contributed by atoms with E-state index in [-0.39, 0.29) is 17.2 Å². The van der Waals surface area contributed by atoms with Crippen LogP contribution in [0.4, 0.5) is 0 Å². The van der Waals surface area contributed by atoms with Crippen molar-refractivity contribution >= 4 is 17.8 Å². The van der Waals surface area contributed by atoms with Crippen molar-refractivity contribution in [2.45, 2.75) is 26.3 Å². The number of amides is 2. The van der Waals surface area contributed by atoms with Crippen LogP contribution in [0, 0.1) is 5.92 Å². The Hall–Kier alpha value is -2.31. The Morgan fingerprint density at radius 2 is 2.05 bits per heavy atom. The van der Waals surface area contributed by atoms with E-state index < -0.39 is 23.8 Å². The molecule has 0 unspecified atom stereocenters. The Balaban J connectivity index is 2.95. The minimum Gasteiger partial charge on any atom is -0.480 e. The maximum absolute atomic E-state index is 12.1. The third-order valence-electron chi connectivity index (χ3n) is 3.29. The van der Waals surface area contributed by atoms with Crippen LogP contribution >= 0.6 is 0 Å².